The third kappa shape index (κ3) is 2.65. The van der Waals surface area contributed by atoms with Crippen LogP contribution < -0.4 is 0 Å². The van der Waals surface area contributed by atoms with E-state index in [4.69, 9.17) is 5.26 Å². The van der Waals surface area contributed by atoms with Crippen molar-refractivity contribution in [2.45, 2.75) is 6.92 Å². The summed E-state index contributed by atoms with van der Waals surface area (Å²) >= 11 is 0. The molecule has 0 saturated heterocycles. The molecule has 0 aliphatic carbocycles. The van der Waals surface area contributed by atoms with Crippen molar-refractivity contribution in [2.75, 3.05) is 20.6 Å². The molecule has 0 fully saturated rings. The average Bonchev–Trinajstić information content (AvgIpc) is 1.67. The van der Waals surface area contributed by atoms with Crippen LogP contribution in [0.3, 0.4) is 0 Å². The lowest BCUT2D eigenvalue weighted by molar-refractivity contribution is -0.775. The molecule has 0 N–H and O–H groups in total. The van der Waals surface area contributed by atoms with Crippen LogP contribution in [0.5, 0.6) is 0 Å². The third-order valence-electron chi connectivity index (χ3n) is 1.22. The van der Waals surface area contributed by atoms with Gasteiger partial charge in [0, 0.05) is 20.6 Å². The summed E-state index contributed by atoms with van der Waals surface area (Å²) in [6, 6.07) is 0. The van der Waals surface area contributed by atoms with Crippen molar-refractivity contribution in [3.8, 4) is 5.97 Å². The molecule has 2 nitrogen and oxygen atoms in total. The van der Waals surface area contributed by atoms with Crippen LogP contribution in [0.1, 0.15) is 6.92 Å². The molecule has 0 unspecified atom stereocenters. The molecular weight excluding hydrogens is 98.9 g/mol. The fourth-order valence-corrected chi connectivity index (χ4v) is 0.248. The van der Waals surface area contributed by atoms with E-state index >= 15 is 0 Å². The minimum atomic E-state index is 0.677. The Bertz CT molecular complexity index is 103. The highest BCUT2D eigenvalue weighted by atomic mass is 15.2. The van der Waals surface area contributed by atoms with Crippen molar-refractivity contribution in [1.82, 2.24) is 0 Å². The summed E-state index contributed by atoms with van der Waals surface area (Å²) in [7, 11) is 5.59. The monoisotopic (exact) mass is 110 g/mol. The van der Waals surface area contributed by atoms with Gasteiger partial charge < -0.3 is 4.39 Å². The van der Waals surface area contributed by atoms with Crippen LogP contribution in [0.4, 0.5) is 0 Å². The first-order valence-corrected chi connectivity index (χ1v) is 2.69. The molecule has 3 heteroatoms. The Morgan fingerprint density at radius 3 is 2.25 bits per heavy atom. The molecular formula is C5H11BN2. The molecule has 0 heterocycles. The van der Waals surface area contributed by atoms with Gasteiger partial charge in [0.25, 0.3) is 0 Å². The van der Waals surface area contributed by atoms with Crippen LogP contribution in [-0.2, 0) is 0 Å². The van der Waals surface area contributed by atoms with Crippen molar-refractivity contribution in [2.24, 2.45) is 0 Å². The minimum Gasteiger partial charge on any atom is -0.553 e. The van der Waals surface area contributed by atoms with E-state index in [-0.39, 0.29) is 0 Å². The summed E-state index contributed by atoms with van der Waals surface area (Å²) in [5, 5.41) is 8.21. The van der Waals surface area contributed by atoms with Crippen LogP contribution in [0.2, 0.25) is 0 Å². The van der Waals surface area contributed by atoms with E-state index in [0.29, 0.717) is 4.39 Å². The second-order valence-corrected chi connectivity index (χ2v) is 2.35. The van der Waals surface area contributed by atoms with Gasteiger partial charge >= 0.3 is 0 Å². The summed E-state index contributed by atoms with van der Waals surface area (Å²) in [5.74, 6) is 2.01. The van der Waals surface area contributed by atoms with Crippen LogP contribution in [0.15, 0.2) is 0 Å². The molecule has 0 spiro atoms. The van der Waals surface area contributed by atoms with E-state index in [0.717, 1.165) is 6.54 Å². The highest BCUT2D eigenvalue weighted by Gasteiger charge is 1.96. The predicted molar refractivity (Wildman–Crippen MR) is 34.0 cm³/mol. The Hall–Kier alpha value is -0.485. The zero-order chi connectivity index (χ0) is 6.62. The van der Waals surface area contributed by atoms with E-state index in [1.807, 2.05) is 27.0 Å². The van der Waals surface area contributed by atoms with Gasteiger partial charge in [0.05, 0.1) is 0 Å². The first-order chi connectivity index (χ1) is 3.62. The van der Waals surface area contributed by atoms with E-state index in [2.05, 4.69) is 0 Å². The molecule has 0 aromatic rings. The first-order valence-electron chi connectivity index (χ1n) is 2.69. The van der Waals surface area contributed by atoms with Crippen molar-refractivity contribution < 1.29 is 4.39 Å². The van der Waals surface area contributed by atoms with Crippen molar-refractivity contribution >= 4 is 7.41 Å². The van der Waals surface area contributed by atoms with Gasteiger partial charge in [0.15, 0.2) is 0 Å². The highest BCUT2D eigenvalue weighted by molar-refractivity contribution is 6.36. The molecule has 0 atom stereocenters. The third-order valence-corrected chi connectivity index (χ3v) is 1.22. The van der Waals surface area contributed by atoms with Gasteiger partial charge in [0.2, 0.25) is 0 Å². The maximum absolute atomic E-state index is 8.21. The molecule has 0 aliphatic rings. The lowest BCUT2D eigenvalue weighted by Crippen LogP contribution is -2.42. The van der Waals surface area contributed by atoms with Crippen LogP contribution >= 0.6 is 0 Å². The maximum Gasteiger partial charge on any atom is 0.126 e. The van der Waals surface area contributed by atoms with E-state index in [9.17, 15) is 0 Å². The molecule has 0 aromatic carbocycles. The molecule has 0 aliphatic heterocycles. The number of nitrogens with zero attached hydrogens (tertiary/aromatic N) is 2. The lowest BCUT2D eigenvalue weighted by Gasteiger charge is -2.38. The summed E-state index contributed by atoms with van der Waals surface area (Å²) in [6.07, 6.45) is 0. The quantitative estimate of drug-likeness (QED) is 0.465. The average molecular weight is 110 g/mol. The molecule has 8 heavy (non-hydrogen) atoms. The number of nitriles is 1. The van der Waals surface area contributed by atoms with Gasteiger partial charge in [-0.3, -0.25) is 0 Å². The summed E-state index contributed by atoms with van der Waals surface area (Å²) < 4.78 is 0.677. The normalized spacial score (nSPS) is 10.8. The summed E-state index contributed by atoms with van der Waals surface area (Å²) in [4.78, 5) is 0. The molecule has 0 saturated carbocycles. The van der Waals surface area contributed by atoms with Crippen molar-refractivity contribution in [3.63, 3.8) is 0 Å². The van der Waals surface area contributed by atoms with Crippen LogP contribution in [-0.4, -0.2) is 32.4 Å². The molecule has 0 rings (SSSR count). The second kappa shape index (κ2) is 2.73. The predicted octanol–water partition coefficient (Wildman–Crippen LogP) is 0.183. The van der Waals surface area contributed by atoms with Gasteiger partial charge in [0.1, 0.15) is 7.41 Å². The van der Waals surface area contributed by atoms with E-state index < -0.39 is 0 Å². The van der Waals surface area contributed by atoms with Gasteiger partial charge in [-0.25, -0.2) is 5.26 Å². The molecule has 2 radical (unpaired) electrons. The van der Waals surface area contributed by atoms with Crippen molar-refractivity contribution in [3.05, 3.63) is 0 Å². The van der Waals surface area contributed by atoms with Crippen LogP contribution in [0, 0.1) is 11.2 Å². The fourth-order valence-electron chi connectivity index (χ4n) is 0.248. The second-order valence-electron chi connectivity index (χ2n) is 2.35. The lowest BCUT2D eigenvalue weighted by atomic mass is 9.92. The Morgan fingerprint density at radius 1 is 1.62 bits per heavy atom. The van der Waals surface area contributed by atoms with Gasteiger partial charge in [-0.1, -0.05) is 0 Å². The van der Waals surface area contributed by atoms with Crippen LogP contribution in [0.25, 0.3) is 0 Å². The fraction of sp³-hybridized carbons (Fsp3) is 0.800. The number of hydrogen-bond donors (Lipinski definition) is 0. The van der Waals surface area contributed by atoms with Gasteiger partial charge in [-0.05, 0) is 6.92 Å². The largest absolute Gasteiger partial charge is 0.553 e. The van der Waals surface area contributed by atoms with E-state index in [1.165, 1.54) is 0 Å². The van der Waals surface area contributed by atoms with Crippen molar-refractivity contribution in [1.29, 1.82) is 5.26 Å². The van der Waals surface area contributed by atoms with E-state index in [1.54, 1.807) is 7.41 Å². The Morgan fingerprint density at radius 2 is 2.12 bits per heavy atom. The SMILES string of the molecule is CC[N+](C)(C)[B-]C#N. The maximum atomic E-state index is 8.21. The minimum absolute atomic E-state index is 0.677. The zero-order valence-corrected chi connectivity index (χ0v) is 5.68. The zero-order valence-electron chi connectivity index (χ0n) is 5.68. The number of rotatable bonds is 2. The molecule has 0 bridgehead atoms. The smallest absolute Gasteiger partial charge is 0.126 e. The first kappa shape index (κ1) is 7.51. The molecule has 44 valence electrons. The highest BCUT2D eigenvalue weighted by Crippen LogP contribution is 1.88. The van der Waals surface area contributed by atoms with Gasteiger partial charge in [-0.2, -0.15) is 0 Å². The number of quaternary nitrogens is 1. The Balaban J connectivity index is 3.58. The number of hydrogen-bond acceptors (Lipinski definition) is 1. The van der Waals surface area contributed by atoms with Gasteiger partial charge in [-0.15, -0.1) is 5.97 Å². The standard InChI is InChI=1S/C5H11BN2/c1-4-8(2,3)6-5-7/h4H2,1-3H3. The Labute approximate surface area is 51.6 Å². The molecule has 0 aromatic heterocycles. The Kier molecular flexibility index (Phi) is 2.57. The summed E-state index contributed by atoms with van der Waals surface area (Å²) in [5.41, 5.74) is 0. The molecule has 0 amide bonds. The topological polar surface area (TPSA) is 23.8 Å². The summed E-state index contributed by atoms with van der Waals surface area (Å²) in [6.45, 7) is 3.02.